The number of amides is 3. The van der Waals surface area contributed by atoms with Crippen LogP contribution in [0.25, 0.3) is 0 Å². The third-order valence-electron chi connectivity index (χ3n) is 1.98. The lowest BCUT2D eigenvalue weighted by molar-refractivity contribution is -0.124. The molecule has 0 saturated heterocycles. The molecule has 0 bridgehead atoms. The zero-order valence-corrected chi connectivity index (χ0v) is 10.2. The Bertz CT molecular complexity index is 459. The van der Waals surface area contributed by atoms with Gasteiger partial charge in [0, 0.05) is 10.6 Å². The molecule has 7 heteroatoms. The van der Waals surface area contributed by atoms with Crippen molar-refractivity contribution in [2.24, 2.45) is 5.73 Å². The molecule has 1 rings (SSSR count). The number of nitrogens with one attached hydrogen (secondary N) is 2. The maximum absolute atomic E-state index is 11.6. The van der Waals surface area contributed by atoms with Crippen LogP contribution in [0.3, 0.4) is 0 Å². The molecule has 0 atom stereocenters. The molecule has 18 heavy (non-hydrogen) atoms. The first-order valence-electron chi connectivity index (χ1n) is 5.08. The Morgan fingerprint density at radius 3 is 2.22 bits per heavy atom. The quantitative estimate of drug-likeness (QED) is 0.682. The molecule has 0 unspecified atom stereocenters. The molecule has 0 aliphatic rings. The van der Waals surface area contributed by atoms with E-state index in [4.69, 9.17) is 17.3 Å². The number of carbonyl (C=O) groups excluding carboxylic acids is 3. The Labute approximate surface area is 108 Å². The molecule has 0 spiro atoms. The minimum Gasteiger partial charge on any atom is -0.368 e. The Morgan fingerprint density at radius 1 is 1.06 bits per heavy atom. The topological polar surface area (TPSA) is 101 Å². The van der Waals surface area contributed by atoms with Gasteiger partial charge in [-0.25, -0.2) is 0 Å². The van der Waals surface area contributed by atoms with E-state index in [1.807, 2.05) is 0 Å². The second-order valence-electron chi connectivity index (χ2n) is 3.43. The van der Waals surface area contributed by atoms with Gasteiger partial charge in [-0.2, -0.15) is 0 Å². The summed E-state index contributed by atoms with van der Waals surface area (Å²) in [6.07, 6.45) is 0. The number of nitrogens with two attached hydrogens (primary N) is 1. The first-order valence-corrected chi connectivity index (χ1v) is 5.45. The monoisotopic (exact) mass is 269 g/mol. The highest BCUT2D eigenvalue weighted by Gasteiger charge is 2.08. The molecule has 0 heterocycles. The number of hydrogen-bond donors (Lipinski definition) is 3. The van der Waals surface area contributed by atoms with Gasteiger partial charge >= 0.3 is 0 Å². The Kier molecular flexibility index (Phi) is 5.13. The standard InChI is InChI=1S/C11H12ClN3O3/c12-8-3-1-7(2-4-8)11(18)15-6-10(17)14-5-9(13)16/h1-4H,5-6H2,(H2,13,16)(H,14,17)(H,15,18). The number of rotatable bonds is 5. The van der Waals surface area contributed by atoms with Gasteiger partial charge < -0.3 is 16.4 Å². The van der Waals surface area contributed by atoms with Gasteiger partial charge in [0.15, 0.2) is 0 Å². The molecule has 3 amide bonds. The van der Waals surface area contributed by atoms with Crippen molar-refractivity contribution in [2.75, 3.05) is 13.1 Å². The van der Waals surface area contributed by atoms with Crippen LogP contribution in [-0.2, 0) is 9.59 Å². The van der Waals surface area contributed by atoms with E-state index in [1.165, 1.54) is 0 Å². The number of primary amides is 1. The van der Waals surface area contributed by atoms with E-state index in [1.54, 1.807) is 24.3 Å². The van der Waals surface area contributed by atoms with Gasteiger partial charge in [-0.1, -0.05) is 11.6 Å². The first kappa shape index (κ1) is 14.0. The van der Waals surface area contributed by atoms with Crippen molar-refractivity contribution >= 4 is 29.3 Å². The van der Waals surface area contributed by atoms with Crippen LogP contribution in [-0.4, -0.2) is 30.8 Å². The lowest BCUT2D eigenvalue weighted by Crippen LogP contribution is -2.40. The zero-order chi connectivity index (χ0) is 13.5. The maximum atomic E-state index is 11.6. The smallest absolute Gasteiger partial charge is 0.251 e. The predicted molar refractivity (Wildman–Crippen MR) is 66.0 cm³/mol. The molecule has 0 aromatic heterocycles. The average Bonchev–Trinajstić information content (AvgIpc) is 2.34. The molecule has 4 N–H and O–H groups in total. The summed E-state index contributed by atoms with van der Waals surface area (Å²) in [5.74, 6) is -1.54. The molecule has 0 aliphatic carbocycles. The maximum Gasteiger partial charge on any atom is 0.251 e. The molecule has 6 nitrogen and oxygen atoms in total. The summed E-state index contributed by atoms with van der Waals surface area (Å²) in [6, 6.07) is 6.23. The summed E-state index contributed by atoms with van der Waals surface area (Å²) in [5, 5.41) is 5.16. The van der Waals surface area contributed by atoms with Crippen molar-refractivity contribution in [1.29, 1.82) is 0 Å². The van der Waals surface area contributed by atoms with Crippen LogP contribution in [0.15, 0.2) is 24.3 Å². The summed E-state index contributed by atoms with van der Waals surface area (Å²) >= 11 is 5.68. The largest absolute Gasteiger partial charge is 0.368 e. The fraction of sp³-hybridized carbons (Fsp3) is 0.182. The minimum atomic E-state index is -0.646. The third-order valence-corrected chi connectivity index (χ3v) is 2.23. The van der Waals surface area contributed by atoms with Crippen molar-refractivity contribution in [3.63, 3.8) is 0 Å². The number of halogens is 1. The molecule has 96 valence electrons. The predicted octanol–water partition coefficient (Wildman–Crippen LogP) is -0.329. The van der Waals surface area contributed by atoms with E-state index in [0.717, 1.165) is 0 Å². The van der Waals surface area contributed by atoms with E-state index in [9.17, 15) is 14.4 Å². The van der Waals surface area contributed by atoms with E-state index in [2.05, 4.69) is 10.6 Å². The average molecular weight is 270 g/mol. The molecule has 0 fully saturated rings. The van der Waals surface area contributed by atoms with Crippen LogP contribution >= 0.6 is 11.6 Å². The van der Waals surface area contributed by atoms with Gasteiger partial charge in [-0.3, -0.25) is 14.4 Å². The highest BCUT2D eigenvalue weighted by atomic mass is 35.5. The van der Waals surface area contributed by atoms with Crippen LogP contribution in [0.5, 0.6) is 0 Å². The van der Waals surface area contributed by atoms with E-state index < -0.39 is 17.7 Å². The van der Waals surface area contributed by atoms with E-state index in [-0.39, 0.29) is 13.1 Å². The van der Waals surface area contributed by atoms with Gasteiger partial charge in [0.2, 0.25) is 11.8 Å². The van der Waals surface area contributed by atoms with E-state index in [0.29, 0.717) is 10.6 Å². The minimum absolute atomic E-state index is 0.227. The van der Waals surface area contributed by atoms with Gasteiger partial charge in [-0.05, 0) is 24.3 Å². The summed E-state index contributed by atoms with van der Waals surface area (Å²) in [7, 11) is 0. The van der Waals surface area contributed by atoms with Gasteiger partial charge in [-0.15, -0.1) is 0 Å². The second-order valence-corrected chi connectivity index (χ2v) is 3.87. The van der Waals surface area contributed by atoms with Crippen molar-refractivity contribution in [2.45, 2.75) is 0 Å². The van der Waals surface area contributed by atoms with Crippen molar-refractivity contribution in [3.05, 3.63) is 34.9 Å². The Hall–Kier alpha value is -2.08. The second kappa shape index (κ2) is 6.61. The van der Waals surface area contributed by atoms with Crippen molar-refractivity contribution < 1.29 is 14.4 Å². The normalized spacial score (nSPS) is 9.61. The van der Waals surface area contributed by atoms with E-state index >= 15 is 0 Å². The highest BCUT2D eigenvalue weighted by Crippen LogP contribution is 2.08. The SMILES string of the molecule is NC(=O)CNC(=O)CNC(=O)c1ccc(Cl)cc1. The van der Waals surface area contributed by atoms with Crippen molar-refractivity contribution in [1.82, 2.24) is 10.6 Å². The summed E-state index contributed by atoms with van der Waals surface area (Å²) in [4.78, 5) is 33.2. The van der Waals surface area contributed by atoms with Gasteiger partial charge in [0.05, 0.1) is 13.1 Å². The Morgan fingerprint density at radius 2 is 1.67 bits per heavy atom. The van der Waals surface area contributed by atoms with Gasteiger partial charge in [0.1, 0.15) is 0 Å². The van der Waals surface area contributed by atoms with Crippen LogP contribution in [0, 0.1) is 0 Å². The lowest BCUT2D eigenvalue weighted by atomic mass is 10.2. The number of carbonyl (C=O) groups is 3. The van der Waals surface area contributed by atoms with Crippen LogP contribution in [0.4, 0.5) is 0 Å². The molecule has 0 aliphatic heterocycles. The highest BCUT2D eigenvalue weighted by molar-refractivity contribution is 6.30. The fourth-order valence-corrected chi connectivity index (χ4v) is 1.24. The molecular formula is C11H12ClN3O3. The summed E-state index contributed by atoms with van der Waals surface area (Å²) in [5.41, 5.74) is 5.24. The van der Waals surface area contributed by atoms with Crippen LogP contribution in [0.2, 0.25) is 5.02 Å². The lowest BCUT2D eigenvalue weighted by Gasteiger charge is -2.05. The fourth-order valence-electron chi connectivity index (χ4n) is 1.11. The van der Waals surface area contributed by atoms with Gasteiger partial charge in [0.25, 0.3) is 5.91 Å². The summed E-state index contributed by atoms with van der Waals surface area (Å²) in [6.45, 7) is -0.482. The zero-order valence-electron chi connectivity index (χ0n) is 9.40. The molecule has 0 radical (unpaired) electrons. The molecular weight excluding hydrogens is 258 g/mol. The van der Waals surface area contributed by atoms with Crippen molar-refractivity contribution in [3.8, 4) is 0 Å². The number of benzene rings is 1. The molecule has 0 saturated carbocycles. The Balaban J connectivity index is 2.39. The summed E-state index contributed by atoms with van der Waals surface area (Å²) < 4.78 is 0. The number of hydrogen-bond acceptors (Lipinski definition) is 3. The molecule has 1 aromatic rings. The first-order chi connectivity index (χ1) is 8.49. The third kappa shape index (κ3) is 4.84. The molecule has 1 aromatic carbocycles. The van der Waals surface area contributed by atoms with Crippen LogP contribution in [0.1, 0.15) is 10.4 Å². The van der Waals surface area contributed by atoms with Crippen LogP contribution < -0.4 is 16.4 Å².